The molecule has 0 fully saturated rings. The zero-order valence-corrected chi connectivity index (χ0v) is 14.0. The molecule has 0 radical (unpaired) electrons. The molecule has 24 heavy (non-hydrogen) atoms. The monoisotopic (exact) mass is 324 g/mol. The molecule has 4 rings (SSSR count). The van der Waals surface area contributed by atoms with Gasteiger partial charge in [-0.05, 0) is 43.2 Å². The van der Waals surface area contributed by atoms with Crippen molar-refractivity contribution in [2.24, 2.45) is 13.0 Å². The van der Waals surface area contributed by atoms with Crippen molar-refractivity contribution in [3.05, 3.63) is 69.3 Å². The fraction of sp³-hybridized carbons (Fsp3) is 0.368. The van der Waals surface area contributed by atoms with Gasteiger partial charge in [0.1, 0.15) is 11.7 Å². The van der Waals surface area contributed by atoms with E-state index in [1.807, 2.05) is 19.1 Å². The molecule has 0 saturated carbocycles. The number of nitrogens with zero attached hydrogens (tertiary/aromatic N) is 2. The van der Waals surface area contributed by atoms with Crippen molar-refractivity contribution in [1.29, 1.82) is 0 Å². The Bertz CT molecular complexity index is 924. The molecule has 2 heterocycles. The van der Waals surface area contributed by atoms with Gasteiger partial charge >= 0.3 is 0 Å². The Labute approximate surface area is 140 Å². The summed E-state index contributed by atoms with van der Waals surface area (Å²) in [5, 5.41) is 13.0. The highest BCUT2D eigenvalue weighted by Crippen LogP contribution is 2.45. The lowest BCUT2D eigenvalue weighted by Crippen LogP contribution is -2.39. The summed E-state index contributed by atoms with van der Waals surface area (Å²) in [7, 11) is 2.05. The first-order valence-electron chi connectivity index (χ1n) is 8.23. The van der Waals surface area contributed by atoms with Crippen molar-refractivity contribution in [3.63, 3.8) is 0 Å². The van der Waals surface area contributed by atoms with Crippen molar-refractivity contribution in [1.82, 2.24) is 4.57 Å². The average Bonchev–Trinajstić information content (AvgIpc) is 3.14. The fourth-order valence-corrected chi connectivity index (χ4v) is 4.27. The molecule has 0 aliphatic heterocycles. The maximum absolute atomic E-state index is 11.8. The van der Waals surface area contributed by atoms with Gasteiger partial charge < -0.3 is 8.98 Å². The molecule has 0 saturated heterocycles. The number of hydrogen-bond donors (Lipinski definition) is 0. The number of fused-ring (bicyclic) bond motifs is 3. The number of aromatic nitrogens is 1. The summed E-state index contributed by atoms with van der Waals surface area (Å²) in [6.07, 6.45) is 2.31. The maximum Gasteiger partial charge on any atom is 0.229 e. The van der Waals surface area contributed by atoms with Gasteiger partial charge in [0.05, 0.1) is 6.26 Å². The van der Waals surface area contributed by atoms with E-state index in [2.05, 4.69) is 36.7 Å². The van der Waals surface area contributed by atoms with E-state index in [4.69, 9.17) is 4.42 Å². The van der Waals surface area contributed by atoms with Crippen molar-refractivity contribution in [3.8, 4) is 0 Å². The Morgan fingerprint density at radius 1 is 1.33 bits per heavy atom. The molecule has 0 bridgehead atoms. The van der Waals surface area contributed by atoms with Crippen molar-refractivity contribution in [2.45, 2.75) is 32.2 Å². The highest BCUT2D eigenvalue weighted by atomic mass is 16.6. The van der Waals surface area contributed by atoms with Gasteiger partial charge in [0.15, 0.2) is 0 Å². The minimum absolute atomic E-state index is 0.0493. The minimum Gasteiger partial charge on any atom is -0.468 e. The van der Waals surface area contributed by atoms with Gasteiger partial charge in [-0.15, -0.1) is 0 Å². The Kier molecular flexibility index (Phi) is 3.27. The topological polar surface area (TPSA) is 61.2 Å². The number of rotatable bonds is 2. The van der Waals surface area contributed by atoms with E-state index in [1.165, 1.54) is 5.69 Å². The molecule has 1 aromatic carbocycles. The third-order valence-electron chi connectivity index (χ3n) is 5.36. The van der Waals surface area contributed by atoms with Crippen molar-refractivity contribution in [2.75, 3.05) is 0 Å². The number of furan rings is 1. The summed E-state index contributed by atoms with van der Waals surface area (Å²) in [4.78, 5) is 11.7. The summed E-state index contributed by atoms with van der Waals surface area (Å²) < 4.78 is 7.82. The molecule has 1 aliphatic rings. The minimum atomic E-state index is -0.672. The van der Waals surface area contributed by atoms with E-state index >= 15 is 0 Å². The second kappa shape index (κ2) is 5.23. The summed E-state index contributed by atoms with van der Waals surface area (Å²) >= 11 is 0. The molecule has 0 unspecified atom stereocenters. The first-order chi connectivity index (χ1) is 11.5. The van der Waals surface area contributed by atoms with E-state index in [-0.39, 0.29) is 16.8 Å². The van der Waals surface area contributed by atoms with Crippen LogP contribution in [0.3, 0.4) is 0 Å². The van der Waals surface area contributed by atoms with E-state index in [0.29, 0.717) is 12.2 Å². The molecule has 2 aromatic heterocycles. The summed E-state index contributed by atoms with van der Waals surface area (Å²) in [6, 6.07) is 9.32. The molecule has 124 valence electrons. The number of benzene rings is 1. The molecule has 0 spiro atoms. The lowest BCUT2D eigenvalue weighted by molar-refractivity contribution is -0.535. The van der Waals surface area contributed by atoms with E-state index < -0.39 is 6.04 Å². The first kappa shape index (κ1) is 15.0. The smallest absolute Gasteiger partial charge is 0.229 e. The van der Waals surface area contributed by atoms with E-state index in [9.17, 15) is 10.1 Å². The Balaban J connectivity index is 2.07. The number of hydrogen-bond acceptors (Lipinski definition) is 3. The van der Waals surface area contributed by atoms with Gasteiger partial charge in [0.25, 0.3) is 0 Å². The molecule has 0 amide bonds. The zero-order valence-electron chi connectivity index (χ0n) is 14.0. The van der Waals surface area contributed by atoms with Crippen LogP contribution in [0, 0.1) is 23.0 Å². The quantitative estimate of drug-likeness (QED) is 0.528. The van der Waals surface area contributed by atoms with Crippen LogP contribution in [0.5, 0.6) is 0 Å². The van der Waals surface area contributed by atoms with Gasteiger partial charge in [-0.3, -0.25) is 10.1 Å². The van der Waals surface area contributed by atoms with Gasteiger partial charge in [0.2, 0.25) is 6.04 Å². The van der Waals surface area contributed by atoms with Crippen LogP contribution in [0.4, 0.5) is 0 Å². The SMILES string of the molecule is Cc1ccc2c(c1)c1c(n2C)C[C@H](C)[C@@H]([N+](=O)[O-])[C@@H]1c1ccco1. The molecule has 5 nitrogen and oxygen atoms in total. The third-order valence-corrected chi connectivity index (χ3v) is 5.36. The molecule has 3 aromatic rings. The van der Waals surface area contributed by atoms with Gasteiger partial charge in [0, 0.05) is 34.5 Å². The summed E-state index contributed by atoms with van der Waals surface area (Å²) in [5.41, 5.74) is 4.53. The predicted octanol–water partition coefficient (Wildman–Crippen LogP) is 4.05. The van der Waals surface area contributed by atoms with Gasteiger partial charge in [-0.1, -0.05) is 18.6 Å². The molecule has 0 N–H and O–H groups in total. The largest absolute Gasteiger partial charge is 0.468 e. The number of aryl methyl sites for hydroxylation is 2. The second-order valence-corrected chi connectivity index (χ2v) is 6.89. The molecule has 3 atom stereocenters. The van der Waals surface area contributed by atoms with Crippen LogP contribution in [0.2, 0.25) is 0 Å². The van der Waals surface area contributed by atoms with E-state index in [0.717, 1.165) is 22.0 Å². The Morgan fingerprint density at radius 3 is 2.79 bits per heavy atom. The lowest BCUT2D eigenvalue weighted by atomic mass is 9.74. The van der Waals surface area contributed by atoms with Crippen LogP contribution in [0.25, 0.3) is 10.9 Å². The highest BCUT2D eigenvalue weighted by Gasteiger charge is 2.47. The van der Waals surface area contributed by atoms with Gasteiger partial charge in [-0.2, -0.15) is 0 Å². The molecular formula is C19H20N2O3. The van der Waals surface area contributed by atoms with Crippen molar-refractivity contribution < 1.29 is 9.34 Å². The van der Waals surface area contributed by atoms with Crippen LogP contribution in [-0.2, 0) is 13.5 Å². The fourth-order valence-electron chi connectivity index (χ4n) is 4.27. The van der Waals surface area contributed by atoms with Crippen molar-refractivity contribution >= 4 is 10.9 Å². The van der Waals surface area contributed by atoms with Crippen LogP contribution in [0.1, 0.15) is 35.4 Å². The number of nitro groups is 1. The normalized spacial score (nSPS) is 23.4. The average molecular weight is 324 g/mol. The molecule has 1 aliphatic carbocycles. The first-order valence-corrected chi connectivity index (χ1v) is 8.23. The van der Waals surface area contributed by atoms with E-state index in [1.54, 1.807) is 6.26 Å². The third kappa shape index (κ3) is 2.00. The zero-order chi connectivity index (χ0) is 17.0. The second-order valence-electron chi connectivity index (χ2n) is 6.89. The Hall–Kier alpha value is -2.56. The summed E-state index contributed by atoms with van der Waals surface area (Å²) in [5.74, 6) is 0.282. The van der Waals surface area contributed by atoms with Crippen LogP contribution in [-0.4, -0.2) is 15.5 Å². The van der Waals surface area contributed by atoms with Crippen LogP contribution >= 0.6 is 0 Å². The predicted molar refractivity (Wildman–Crippen MR) is 91.9 cm³/mol. The molecule has 5 heteroatoms. The molecular weight excluding hydrogens is 304 g/mol. The lowest BCUT2D eigenvalue weighted by Gasteiger charge is -2.30. The highest BCUT2D eigenvalue weighted by molar-refractivity contribution is 5.87. The van der Waals surface area contributed by atoms with Gasteiger partial charge in [-0.25, -0.2) is 0 Å². The maximum atomic E-state index is 11.8. The Morgan fingerprint density at radius 2 is 2.12 bits per heavy atom. The van der Waals surface area contributed by atoms with Crippen LogP contribution in [0.15, 0.2) is 41.0 Å². The standard InChI is InChI=1S/C19H20N2O3/c1-11-6-7-14-13(9-11)17-15(20(14)3)10-12(2)19(21(22)23)18(17)16-5-4-8-24-16/h4-9,12,18-19H,10H2,1-3H3/t12-,18+,19+/m0/s1. The summed E-state index contributed by atoms with van der Waals surface area (Å²) in [6.45, 7) is 4.02. The van der Waals surface area contributed by atoms with Crippen LogP contribution < -0.4 is 0 Å².